The topological polar surface area (TPSA) is 55.9 Å². The predicted octanol–water partition coefficient (Wildman–Crippen LogP) is 4.38. The molecule has 0 amide bonds. The van der Waals surface area contributed by atoms with Crippen LogP contribution in [0, 0.1) is 0 Å². The van der Waals surface area contributed by atoms with Gasteiger partial charge >= 0.3 is 0 Å². The lowest BCUT2D eigenvalue weighted by molar-refractivity contribution is 0.753. The van der Waals surface area contributed by atoms with Gasteiger partial charge in [0.2, 0.25) is 0 Å². The molecule has 0 aliphatic carbocycles. The number of nitrogens with one attached hydrogen (secondary N) is 1. The van der Waals surface area contributed by atoms with Gasteiger partial charge in [-0.05, 0) is 34.5 Å². The molecule has 4 nitrogen and oxygen atoms in total. The Hall–Kier alpha value is -0.910. The van der Waals surface area contributed by atoms with Gasteiger partial charge in [0.25, 0.3) is 0 Å². The molecule has 0 saturated carbocycles. The van der Waals surface area contributed by atoms with Crippen molar-refractivity contribution in [3.8, 4) is 0 Å². The van der Waals surface area contributed by atoms with Gasteiger partial charge in [-0.1, -0.05) is 30.1 Å². The number of anilines is 3. The molecule has 1 aromatic carbocycles. The highest BCUT2D eigenvalue weighted by molar-refractivity contribution is 9.10. The molecule has 0 spiro atoms. The zero-order valence-corrected chi connectivity index (χ0v) is 13.6. The van der Waals surface area contributed by atoms with Crippen LogP contribution in [0.4, 0.5) is 17.2 Å². The van der Waals surface area contributed by atoms with Gasteiger partial charge in [0.1, 0.15) is 0 Å². The highest BCUT2D eigenvalue weighted by Crippen LogP contribution is 2.38. The Bertz CT molecular complexity index is 625. The number of aryl methyl sites for hydroxylation is 2. The fourth-order valence-electron chi connectivity index (χ4n) is 1.76. The van der Waals surface area contributed by atoms with Crippen molar-refractivity contribution in [3.05, 3.63) is 32.3 Å². The molecule has 7 heteroatoms. The predicted molar refractivity (Wildman–Crippen MR) is 84.4 cm³/mol. The number of halogens is 3. The van der Waals surface area contributed by atoms with E-state index in [-0.39, 0.29) is 0 Å². The lowest BCUT2D eigenvalue weighted by Gasteiger charge is -2.11. The van der Waals surface area contributed by atoms with Crippen molar-refractivity contribution >= 4 is 56.3 Å². The minimum Gasteiger partial charge on any atom is -0.394 e. The highest BCUT2D eigenvalue weighted by atomic mass is 79.9. The van der Waals surface area contributed by atoms with Crippen LogP contribution in [-0.4, -0.2) is 9.78 Å². The molecule has 3 N–H and O–H groups in total. The molecular weight excluding hydrogens is 351 g/mol. The summed E-state index contributed by atoms with van der Waals surface area (Å²) in [6.07, 6.45) is 0.774. The summed E-state index contributed by atoms with van der Waals surface area (Å²) in [5.41, 5.74) is 8.21. The van der Waals surface area contributed by atoms with E-state index in [4.69, 9.17) is 28.9 Å². The largest absolute Gasteiger partial charge is 0.394 e. The molecule has 1 heterocycles. The molecule has 19 heavy (non-hydrogen) atoms. The average molecular weight is 364 g/mol. The quantitative estimate of drug-likeness (QED) is 0.795. The molecule has 0 aliphatic heterocycles. The van der Waals surface area contributed by atoms with Crippen LogP contribution < -0.4 is 11.1 Å². The molecule has 0 bridgehead atoms. The molecule has 0 saturated heterocycles. The van der Waals surface area contributed by atoms with E-state index in [1.165, 1.54) is 0 Å². The molecule has 2 rings (SSSR count). The van der Waals surface area contributed by atoms with Crippen LogP contribution in [0.25, 0.3) is 0 Å². The van der Waals surface area contributed by atoms with E-state index in [1.807, 2.05) is 26.1 Å². The molecule has 102 valence electrons. The van der Waals surface area contributed by atoms with Crippen molar-refractivity contribution in [3.63, 3.8) is 0 Å². The van der Waals surface area contributed by atoms with Crippen molar-refractivity contribution in [1.29, 1.82) is 0 Å². The Morgan fingerprint density at radius 1 is 1.37 bits per heavy atom. The number of aromatic nitrogens is 2. The monoisotopic (exact) mass is 362 g/mol. The number of hydrogen-bond donors (Lipinski definition) is 2. The fraction of sp³-hybridized carbons (Fsp3) is 0.250. The third kappa shape index (κ3) is 2.68. The van der Waals surface area contributed by atoms with Crippen LogP contribution in [0.15, 0.2) is 16.6 Å². The smallest absolute Gasteiger partial charge is 0.152 e. The second kappa shape index (κ2) is 5.61. The van der Waals surface area contributed by atoms with Crippen LogP contribution in [-0.2, 0) is 13.5 Å². The molecule has 0 atom stereocenters. The molecule has 0 radical (unpaired) electrons. The lowest BCUT2D eigenvalue weighted by Crippen LogP contribution is -2.02. The number of rotatable bonds is 3. The average Bonchev–Trinajstić information content (AvgIpc) is 2.66. The maximum atomic E-state index is 6.20. The Balaban J connectivity index is 2.42. The summed E-state index contributed by atoms with van der Waals surface area (Å²) in [5.74, 6) is 0.706. The third-order valence-electron chi connectivity index (χ3n) is 2.78. The Labute approximate surface area is 130 Å². The summed E-state index contributed by atoms with van der Waals surface area (Å²) in [6.45, 7) is 2.01. The van der Waals surface area contributed by atoms with Gasteiger partial charge in [0.05, 0.1) is 27.1 Å². The van der Waals surface area contributed by atoms with E-state index in [2.05, 4.69) is 26.3 Å². The molecule has 0 unspecified atom stereocenters. The second-order valence-electron chi connectivity index (χ2n) is 4.03. The van der Waals surface area contributed by atoms with Gasteiger partial charge in [-0.3, -0.25) is 4.68 Å². The first-order chi connectivity index (χ1) is 8.95. The summed E-state index contributed by atoms with van der Waals surface area (Å²) in [4.78, 5) is 0. The van der Waals surface area contributed by atoms with Gasteiger partial charge in [-0.15, -0.1) is 0 Å². The zero-order valence-electron chi connectivity index (χ0n) is 10.5. The van der Waals surface area contributed by atoms with Crippen molar-refractivity contribution in [2.24, 2.45) is 7.05 Å². The van der Waals surface area contributed by atoms with E-state index in [1.54, 1.807) is 4.68 Å². The number of benzene rings is 1. The van der Waals surface area contributed by atoms with Crippen molar-refractivity contribution < 1.29 is 0 Å². The number of nitrogen functional groups attached to an aromatic ring is 1. The maximum absolute atomic E-state index is 6.20. The Morgan fingerprint density at radius 3 is 2.63 bits per heavy atom. The first-order valence-electron chi connectivity index (χ1n) is 5.67. The highest BCUT2D eigenvalue weighted by Gasteiger charge is 2.15. The van der Waals surface area contributed by atoms with Crippen molar-refractivity contribution in [2.75, 3.05) is 11.1 Å². The lowest BCUT2D eigenvalue weighted by atomic mass is 10.2. The van der Waals surface area contributed by atoms with E-state index in [0.29, 0.717) is 27.2 Å². The summed E-state index contributed by atoms with van der Waals surface area (Å²) in [6, 6.07) is 3.65. The zero-order chi connectivity index (χ0) is 14.2. The Kier molecular flexibility index (Phi) is 4.28. The number of nitrogens with two attached hydrogens (primary N) is 1. The van der Waals surface area contributed by atoms with Gasteiger partial charge in [-0.25, -0.2) is 0 Å². The van der Waals surface area contributed by atoms with E-state index < -0.39 is 0 Å². The van der Waals surface area contributed by atoms with E-state index in [0.717, 1.165) is 16.6 Å². The van der Waals surface area contributed by atoms with E-state index >= 15 is 0 Å². The van der Waals surface area contributed by atoms with Crippen LogP contribution in [0.3, 0.4) is 0 Å². The second-order valence-corrected chi connectivity index (χ2v) is 5.64. The molecule has 1 aromatic heterocycles. The molecular formula is C12H13BrCl2N4. The summed E-state index contributed by atoms with van der Waals surface area (Å²) in [5, 5.41) is 8.41. The fourth-order valence-corrected chi connectivity index (χ4v) is 2.58. The van der Waals surface area contributed by atoms with Crippen molar-refractivity contribution in [2.45, 2.75) is 13.3 Å². The summed E-state index contributed by atoms with van der Waals surface area (Å²) < 4.78 is 2.44. The van der Waals surface area contributed by atoms with Crippen LogP contribution >= 0.6 is 39.1 Å². The van der Waals surface area contributed by atoms with Crippen molar-refractivity contribution in [1.82, 2.24) is 9.78 Å². The normalized spacial score (nSPS) is 10.8. The van der Waals surface area contributed by atoms with Gasteiger partial charge < -0.3 is 11.1 Å². The first-order valence-corrected chi connectivity index (χ1v) is 7.22. The minimum absolute atomic E-state index is 0.440. The standard InChI is InChI=1S/C12H13BrCl2N4/c1-3-7-11(16)12(19(2)18-7)17-8-5-4-6(13)9(14)10(8)15/h4-5,17H,3,16H2,1-2H3. The molecule has 2 aromatic rings. The number of nitrogens with zero attached hydrogens (tertiary/aromatic N) is 2. The van der Waals surface area contributed by atoms with Crippen LogP contribution in [0.1, 0.15) is 12.6 Å². The molecule has 0 aliphatic rings. The Morgan fingerprint density at radius 2 is 2.05 bits per heavy atom. The molecule has 0 fully saturated rings. The van der Waals surface area contributed by atoms with Gasteiger partial charge in [-0.2, -0.15) is 5.10 Å². The summed E-state index contributed by atoms with van der Waals surface area (Å²) in [7, 11) is 1.83. The van der Waals surface area contributed by atoms with Crippen LogP contribution in [0.5, 0.6) is 0 Å². The van der Waals surface area contributed by atoms with E-state index in [9.17, 15) is 0 Å². The maximum Gasteiger partial charge on any atom is 0.152 e. The number of hydrogen-bond acceptors (Lipinski definition) is 3. The van der Waals surface area contributed by atoms with Gasteiger partial charge in [0.15, 0.2) is 5.82 Å². The summed E-state index contributed by atoms with van der Waals surface area (Å²) >= 11 is 15.6. The van der Waals surface area contributed by atoms with Gasteiger partial charge in [0, 0.05) is 11.5 Å². The van der Waals surface area contributed by atoms with Crippen LogP contribution in [0.2, 0.25) is 10.0 Å². The SMILES string of the molecule is CCc1nn(C)c(Nc2ccc(Br)c(Cl)c2Cl)c1N. The minimum atomic E-state index is 0.440. The third-order valence-corrected chi connectivity index (χ3v) is 4.55. The first kappa shape index (κ1) is 14.5.